The largest absolute Gasteiger partial charge is 0.493 e. The van der Waals surface area contributed by atoms with Gasteiger partial charge in [-0.3, -0.25) is 10.1 Å². The predicted octanol–water partition coefficient (Wildman–Crippen LogP) is 2.10. The normalized spacial score (nSPS) is 17.3. The van der Waals surface area contributed by atoms with E-state index in [1.165, 1.54) is 6.08 Å². The summed E-state index contributed by atoms with van der Waals surface area (Å²) in [4.78, 5) is 22.5. The number of carbonyl (C=O) groups is 1. The highest BCUT2D eigenvalue weighted by atomic mass is 16.5. The monoisotopic (exact) mass is 356 g/mol. The summed E-state index contributed by atoms with van der Waals surface area (Å²) in [7, 11) is 3.88. The van der Waals surface area contributed by atoms with Crippen molar-refractivity contribution in [3.63, 3.8) is 0 Å². The highest BCUT2D eigenvalue weighted by molar-refractivity contribution is 5.98. The zero-order valence-corrected chi connectivity index (χ0v) is 15.1. The van der Waals surface area contributed by atoms with Gasteiger partial charge in [-0.1, -0.05) is 6.08 Å². The number of hydrogen-bond acceptors (Lipinski definition) is 6. The fourth-order valence-corrected chi connectivity index (χ4v) is 2.60. The number of nitrogens with zero attached hydrogens (tertiary/aromatic N) is 3. The fourth-order valence-electron chi connectivity index (χ4n) is 2.60. The van der Waals surface area contributed by atoms with Gasteiger partial charge < -0.3 is 14.4 Å². The molecule has 1 aromatic carbocycles. The first kappa shape index (κ1) is 18.3. The Morgan fingerprint density at radius 2 is 2.35 bits per heavy atom. The maximum atomic E-state index is 11.9. The first-order chi connectivity index (χ1) is 12.6. The first-order valence-electron chi connectivity index (χ1n) is 8.70. The summed E-state index contributed by atoms with van der Waals surface area (Å²) in [6, 6.07) is 5.69. The van der Waals surface area contributed by atoms with E-state index in [-0.39, 0.29) is 11.9 Å². The van der Waals surface area contributed by atoms with Gasteiger partial charge in [-0.15, -0.1) is 0 Å². The maximum Gasteiger partial charge on any atom is 0.250 e. The molecule has 1 atom stereocenters. The molecule has 1 fully saturated rings. The molecule has 0 radical (unpaired) electrons. The van der Waals surface area contributed by atoms with Crippen LogP contribution < -0.4 is 10.1 Å². The number of anilines is 1. The topological polar surface area (TPSA) is 76.6 Å². The van der Waals surface area contributed by atoms with Crippen molar-refractivity contribution in [3.8, 4) is 5.75 Å². The van der Waals surface area contributed by atoms with Gasteiger partial charge in [0.05, 0.1) is 18.7 Å². The van der Waals surface area contributed by atoms with Gasteiger partial charge >= 0.3 is 0 Å². The van der Waals surface area contributed by atoms with Crippen LogP contribution in [-0.2, 0) is 9.53 Å². The van der Waals surface area contributed by atoms with Crippen LogP contribution in [-0.4, -0.2) is 61.2 Å². The Balaban J connectivity index is 1.64. The van der Waals surface area contributed by atoms with Gasteiger partial charge in [0.2, 0.25) is 11.9 Å². The number of carbonyl (C=O) groups excluding carboxylic acids is 1. The quantitative estimate of drug-likeness (QED) is 0.766. The minimum absolute atomic E-state index is 0.250. The van der Waals surface area contributed by atoms with Crippen LogP contribution in [0.2, 0.25) is 0 Å². The lowest BCUT2D eigenvalue weighted by Crippen LogP contribution is -2.14. The molecule has 7 nitrogen and oxygen atoms in total. The van der Waals surface area contributed by atoms with Crippen molar-refractivity contribution in [3.05, 3.63) is 36.5 Å². The van der Waals surface area contributed by atoms with Crippen molar-refractivity contribution < 1.29 is 14.3 Å². The molecule has 26 heavy (non-hydrogen) atoms. The lowest BCUT2D eigenvalue weighted by Gasteiger charge is -2.11. The van der Waals surface area contributed by atoms with Crippen LogP contribution in [0.3, 0.4) is 0 Å². The number of amides is 1. The van der Waals surface area contributed by atoms with Gasteiger partial charge in [-0.25, -0.2) is 9.97 Å². The summed E-state index contributed by atoms with van der Waals surface area (Å²) in [5.41, 5.74) is 0.729. The molecule has 138 valence electrons. The van der Waals surface area contributed by atoms with E-state index in [0.717, 1.165) is 36.3 Å². The highest BCUT2D eigenvalue weighted by Gasteiger charge is 2.16. The summed E-state index contributed by atoms with van der Waals surface area (Å²) >= 11 is 0. The average Bonchev–Trinajstić information content (AvgIpc) is 3.13. The molecule has 2 heterocycles. The molecule has 3 rings (SSSR count). The van der Waals surface area contributed by atoms with Gasteiger partial charge in [0, 0.05) is 42.8 Å². The molecule has 0 bridgehead atoms. The van der Waals surface area contributed by atoms with Crippen molar-refractivity contribution in [2.45, 2.75) is 6.42 Å². The van der Waals surface area contributed by atoms with E-state index in [1.54, 1.807) is 12.3 Å². The molecule has 1 saturated heterocycles. The summed E-state index contributed by atoms with van der Waals surface area (Å²) in [5, 5.41) is 3.57. The van der Waals surface area contributed by atoms with Crippen LogP contribution in [0.5, 0.6) is 5.75 Å². The second-order valence-corrected chi connectivity index (χ2v) is 6.61. The first-order valence-corrected chi connectivity index (χ1v) is 8.70. The second kappa shape index (κ2) is 8.73. The van der Waals surface area contributed by atoms with Crippen molar-refractivity contribution in [2.24, 2.45) is 5.92 Å². The predicted molar refractivity (Wildman–Crippen MR) is 100 cm³/mol. The van der Waals surface area contributed by atoms with Crippen molar-refractivity contribution >= 4 is 22.8 Å². The van der Waals surface area contributed by atoms with Crippen LogP contribution in [0.25, 0.3) is 10.9 Å². The zero-order valence-electron chi connectivity index (χ0n) is 15.1. The Labute approximate surface area is 153 Å². The van der Waals surface area contributed by atoms with Crippen LogP contribution >= 0.6 is 0 Å². The summed E-state index contributed by atoms with van der Waals surface area (Å²) < 4.78 is 11.2. The number of hydrogen-bond donors (Lipinski definition) is 1. The minimum atomic E-state index is -0.250. The molecule has 1 aromatic heterocycles. The molecule has 0 spiro atoms. The molecule has 2 aromatic rings. The molecule has 7 heteroatoms. The summed E-state index contributed by atoms with van der Waals surface area (Å²) in [6.45, 7) is 2.90. The Kier molecular flexibility index (Phi) is 6.14. The van der Waals surface area contributed by atoms with Gasteiger partial charge in [-0.2, -0.15) is 0 Å². The standard InChI is InChI=1S/C19H24N4O3/c1-23(2)8-3-4-18(24)22-19-20-11-15-5-6-16(10-17(15)21-19)26-13-14-7-9-25-12-14/h3-6,10-11,14H,7-9,12-13H2,1-2H3,(H,20,21,22,24). The van der Waals surface area contributed by atoms with E-state index < -0.39 is 0 Å². The van der Waals surface area contributed by atoms with Gasteiger partial charge in [-0.05, 0) is 32.6 Å². The molecule has 1 N–H and O–H groups in total. The SMILES string of the molecule is CN(C)CC=CC(=O)Nc1ncc2ccc(OCC3CCOC3)cc2n1. The highest BCUT2D eigenvalue weighted by Crippen LogP contribution is 2.21. The second-order valence-electron chi connectivity index (χ2n) is 6.61. The van der Waals surface area contributed by atoms with Crippen LogP contribution in [0.4, 0.5) is 5.95 Å². The summed E-state index contributed by atoms with van der Waals surface area (Å²) in [5.74, 6) is 1.23. The van der Waals surface area contributed by atoms with Crippen molar-refractivity contribution in [1.29, 1.82) is 0 Å². The number of benzene rings is 1. The Morgan fingerprint density at radius 1 is 1.46 bits per heavy atom. The Bertz CT molecular complexity index is 785. The van der Waals surface area contributed by atoms with E-state index in [2.05, 4.69) is 15.3 Å². The number of aromatic nitrogens is 2. The molecule has 0 aliphatic carbocycles. The number of ether oxygens (including phenoxy) is 2. The zero-order chi connectivity index (χ0) is 18.4. The smallest absolute Gasteiger partial charge is 0.250 e. The van der Waals surface area contributed by atoms with Gasteiger partial charge in [0.25, 0.3) is 0 Å². The molecule has 1 aliphatic rings. The third-order valence-corrected chi connectivity index (χ3v) is 4.04. The van der Waals surface area contributed by atoms with Crippen molar-refractivity contribution in [2.75, 3.05) is 45.8 Å². The van der Waals surface area contributed by atoms with Crippen LogP contribution in [0.15, 0.2) is 36.5 Å². The number of nitrogens with one attached hydrogen (secondary N) is 1. The molecular formula is C19H24N4O3. The third kappa shape index (κ3) is 5.24. The van der Waals surface area contributed by atoms with Gasteiger partial charge in [0.1, 0.15) is 5.75 Å². The van der Waals surface area contributed by atoms with Gasteiger partial charge in [0.15, 0.2) is 0 Å². The lowest BCUT2D eigenvalue weighted by atomic mass is 10.1. The maximum absolute atomic E-state index is 11.9. The molecule has 1 amide bonds. The van der Waals surface area contributed by atoms with E-state index in [1.807, 2.05) is 37.2 Å². The molecule has 1 aliphatic heterocycles. The van der Waals surface area contributed by atoms with E-state index in [4.69, 9.17) is 9.47 Å². The molecule has 0 saturated carbocycles. The Morgan fingerprint density at radius 3 is 3.12 bits per heavy atom. The molecular weight excluding hydrogens is 332 g/mol. The average molecular weight is 356 g/mol. The number of rotatable bonds is 7. The van der Waals surface area contributed by atoms with E-state index in [0.29, 0.717) is 19.1 Å². The minimum Gasteiger partial charge on any atom is -0.493 e. The summed E-state index contributed by atoms with van der Waals surface area (Å²) in [6.07, 6.45) is 6.00. The van der Waals surface area contributed by atoms with E-state index >= 15 is 0 Å². The molecule has 1 unspecified atom stereocenters. The van der Waals surface area contributed by atoms with Crippen molar-refractivity contribution in [1.82, 2.24) is 14.9 Å². The number of fused-ring (bicyclic) bond motifs is 1. The lowest BCUT2D eigenvalue weighted by molar-refractivity contribution is -0.112. The van der Waals surface area contributed by atoms with Crippen LogP contribution in [0.1, 0.15) is 6.42 Å². The number of likely N-dealkylation sites (N-methyl/N-ethyl adjacent to an activating group) is 1. The fraction of sp³-hybridized carbons (Fsp3) is 0.421. The van der Waals surface area contributed by atoms with Crippen LogP contribution in [0, 0.1) is 5.92 Å². The van der Waals surface area contributed by atoms with E-state index in [9.17, 15) is 4.79 Å². The third-order valence-electron chi connectivity index (χ3n) is 4.04. The Hall–Kier alpha value is -2.51.